The molecule has 0 saturated carbocycles. The van der Waals surface area contributed by atoms with Gasteiger partial charge in [-0.3, -0.25) is 4.39 Å². The van der Waals surface area contributed by atoms with Crippen LogP contribution in [0.5, 0.6) is 0 Å². The lowest BCUT2D eigenvalue weighted by Gasteiger charge is -2.00. The second-order valence-electron chi connectivity index (χ2n) is 6.18. The highest BCUT2D eigenvalue weighted by Crippen LogP contribution is 2.08. The van der Waals surface area contributed by atoms with E-state index < -0.39 is 0 Å². The smallest absolute Gasteiger partial charge is 0.0891 e. The van der Waals surface area contributed by atoms with Crippen LogP contribution >= 0.6 is 0 Å². The maximum atomic E-state index is 10.7. The third-order valence-corrected chi connectivity index (χ3v) is 3.03. The van der Waals surface area contributed by atoms with Crippen LogP contribution in [-0.4, -0.2) is 26.9 Å². The number of alkyl halides is 1. The van der Waals surface area contributed by atoms with Crippen molar-refractivity contribution in [3.63, 3.8) is 0 Å². The molecule has 0 bridgehead atoms. The Balaban J connectivity index is -0.000000161. The number of ether oxygens (including phenoxy) is 1. The van der Waals surface area contributed by atoms with Gasteiger partial charge in [-0.25, -0.2) is 0 Å². The van der Waals surface area contributed by atoms with Gasteiger partial charge in [0.1, 0.15) is 0 Å². The molecule has 0 aromatic heterocycles. The summed E-state index contributed by atoms with van der Waals surface area (Å²) in [4.78, 5) is 0. The van der Waals surface area contributed by atoms with Crippen molar-refractivity contribution in [1.82, 2.24) is 0 Å². The molecule has 31 heavy (non-hydrogen) atoms. The molecule has 0 spiro atoms. The molecule has 0 fully saturated rings. The van der Waals surface area contributed by atoms with Gasteiger partial charge in [-0.2, -0.15) is 0 Å². The minimum atomic E-state index is -0.181. The van der Waals surface area contributed by atoms with Crippen LogP contribution in [0.2, 0.25) is 0 Å². The van der Waals surface area contributed by atoms with Gasteiger partial charge in [0.2, 0.25) is 0 Å². The minimum Gasteiger partial charge on any atom is -0.388 e. The molecule has 0 unspecified atom stereocenters. The summed E-state index contributed by atoms with van der Waals surface area (Å²) < 4.78 is 15.9. The first kappa shape index (κ1) is 36.3. The summed E-state index contributed by atoms with van der Waals surface area (Å²) in [5, 5.41) is 3.07. The van der Waals surface area contributed by atoms with Crippen molar-refractivity contribution in [1.29, 1.82) is 0 Å². The normalized spacial score (nSPS) is 8.65. The van der Waals surface area contributed by atoms with E-state index in [4.69, 9.17) is 4.74 Å². The van der Waals surface area contributed by atoms with Gasteiger partial charge in [0.25, 0.3) is 0 Å². The summed E-state index contributed by atoms with van der Waals surface area (Å²) in [6, 6.07) is 8.35. The predicted molar refractivity (Wildman–Crippen MR) is 143 cm³/mol. The number of hydrogen-bond acceptors (Lipinski definition) is 2. The molecular formula is C28H50FNO. The van der Waals surface area contributed by atoms with Gasteiger partial charge < -0.3 is 10.1 Å². The van der Waals surface area contributed by atoms with Crippen molar-refractivity contribution in [3.05, 3.63) is 79.4 Å². The Morgan fingerprint density at radius 3 is 1.74 bits per heavy atom. The largest absolute Gasteiger partial charge is 0.388 e. The standard InChI is InChI=1S/C10H13N.C7H10.C6H14O.C3H7F.C2H6/c1-3-4-9-5-7-10(11-2)8-6-9;1-4-5-6-7(2)3;1-3-5-7-6-4-2;1-2-3-4;1-2/h3,5-8,11H,1,4H2,2H3;4-6H,1-2H2,3H3;3-6H2,1-2H3;2-3H2,1H3;1-2H3/b;6-5-;;;. The Morgan fingerprint density at radius 2 is 1.48 bits per heavy atom. The average molecular weight is 436 g/mol. The van der Waals surface area contributed by atoms with Gasteiger partial charge in [0, 0.05) is 25.9 Å². The second-order valence-corrected chi connectivity index (χ2v) is 6.18. The van der Waals surface area contributed by atoms with Crippen molar-refractivity contribution >= 4 is 5.69 Å². The maximum absolute atomic E-state index is 10.7. The van der Waals surface area contributed by atoms with Crippen LogP contribution in [0.1, 0.15) is 66.4 Å². The van der Waals surface area contributed by atoms with E-state index in [9.17, 15) is 4.39 Å². The molecule has 3 heteroatoms. The number of halogens is 1. The molecule has 0 aliphatic heterocycles. The number of hydrogen-bond donors (Lipinski definition) is 1. The molecule has 1 rings (SSSR count). The summed E-state index contributed by atoms with van der Waals surface area (Å²) in [6.45, 7) is 24.5. The third kappa shape index (κ3) is 39.0. The van der Waals surface area contributed by atoms with Crippen LogP contribution in [0.25, 0.3) is 0 Å². The summed E-state index contributed by atoms with van der Waals surface area (Å²) in [7, 11) is 1.92. The summed E-state index contributed by atoms with van der Waals surface area (Å²) in [5.74, 6) is 0. The van der Waals surface area contributed by atoms with Crippen LogP contribution in [0, 0.1) is 0 Å². The van der Waals surface area contributed by atoms with Crippen molar-refractivity contribution in [2.24, 2.45) is 0 Å². The summed E-state index contributed by atoms with van der Waals surface area (Å²) >= 11 is 0. The SMILES string of the molecule is C=C/C=C\C(=C)C.C=CCc1ccc(NC)cc1.CC.CCCF.CCCOCCC. The molecule has 0 aliphatic rings. The van der Waals surface area contributed by atoms with Crippen LogP contribution in [0.4, 0.5) is 10.1 Å². The maximum Gasteiger partial charge on any atom is 0.0891 e. The number of anilines is 1. The zero-order valence-electron chi connectivity index (χ0n) is 21.5. The number of nitrogens with one attached hydrogen (secondary N) is 1. The molecule has 2 nitrogen and oxygen atoms in total. The fraction of sp³-hybridized carbons (Fsp3) is 0.500. The quantitative estimate of drug-likeness (QED) is 0.225. The van der Waals surface area contributed by atoms with E-state index in [0.29, 0.717) is 6.42 Å². The first-order chi connectivity index (χ1) is 15.0. The Morgan fingerprint density at radius 1 is 1.00 bits per heavy atom. The highest BCUT2D eigenvalue weighted by atomic mass is 19.1. The van der Waals surface area contributed by atoms with Crippen LogP contribution in [-0.2, 0) is 11.2 Å². The molecule has 1 aromatic rings. The average Bonchev–Trinajstić information content (AvgIpc) is 2.81. The predicted octanol–water partition coefficient (Wildman–Crippen LogP) is 8.98. The van der Waals surface area contributed by atoms with E-state index >= 15 is 0 Å². The Labute approximate surface area is 194 Å². The first-order valence-electron chi connectivity index (χ1n) is 11.4. The highest BCUT2D eigenvalue weighted by molar-refractivity contribution is 5.44. The fourth-order valence-corrected chi connectivity index (χ4v) is 1.60. The summed E-state index contributed by atoms with van der Waals surface area (Å²) in [6.07, 6.45) is 11.3. The van der Waals surface area contributed by atoms with E-state index in [0.717, 1.165) is 43.7 Å². The first-order valence-corrected chi connectivity index (χ1v) is 11.4. The van der Waals surface area contributed by atoms with Gasteiger partial charge in [-0.1, -0.05) is 89.8 Å². The molecule has 0 heterocycles. The molecule has 0 radical (unpaired) electrons. The van der Waals surface area contributed by atoms with Crippen LogP contribution in [0.3, 0.4) is 0 Å². The molecule has 0 amide bonds. The highest BCUT2D eigenvalue weighted by Gasteiger charge is 1.88. The Hall–Kier alpha value is -2.13. The topological polar surface area (TPSA) is 21.3 Å². The second kappa shape index (κ2) is 35.3. The fourth-order valence-electron chi connectivity index (χ4n) is 1.60. The molecule has 0 saturated heterocycles. The van der Waals surface area contributed by atoms with E-state index in [1.807, 2.05) is 46.0 Å². The van der Waals surface area contributed by atoms with E-state index in [1.54, 1.807) is 13.0 Å². The van der Waals surface area contributed by atoms with Crippen molar-refractivity contribution in [2.45, 2.75) is 67.2 Å². The van der Waals surface area contributed by atoms with Gasteiger partial charge >= 0.3 is 0 Å². The van der Waals surface area contributed by atoms with Crippen LogP contribution < -0.4 is 5.32 Å². The van der Waals surface area contributed by atoms with Gasteiger partial charge in [-0.05, 0) is 50.3 Å². The van der Waals surface area contributed by atoms with Crippen molar-refractivity contribution in [3.8, 4) is 0 Å². The minimum absolute atomic E-state index is 0.181. The van der Waals surface area contributed by atoms with Crippen LogP contribution in [0.15, 0.2) is 73.9 Å². The van der Waals surface area contributed by atoms with Gasteiger partial charge in [-0.15, -0.1) is 6.58 Å². The molecule has 180 valence electrons. The molecular weight excluding hydrogens is 385 g/mol. The molecule has 0 aliphatic carbocycles. The lowest BCUT2D eigenvalue weighted by Crippen LogP contribution is -1.92. The lowest BCUT2D eigenvalue weighted by molar-refractivity contribution is 0.135. The molecule has 1 aromatic carbocycles. The van der Waals surface area contributed by atoms with E-state index in [-0.39, 0.29) is 6.67 Å². The Kier molecular flexibility index (Phi) is 41.3. The molecule has 1 N–H and O–H groups in total. The Bertz CT molecular complexity index is 500. The summed E-state index contributed by atoms with van der Waals surface area (Å²) in [5.41, 5.74) is 3.51. The van der Waals surface area contributed by atoms with Crippen molar-refractivity contribution < 1.29 is 9.13 Å². The van der Waals surface area contributed by atoms with Crippen molar-refractivity contribution in [2.75, 3.05) is 32.3 Å². The van der Waals surface area contributed by atoms with E-state index in [1.165, 1.54) is 5.56 Å². The number of rotatable bonds is 10. The number of allylic oxidation sites excluding steroid dienone is 5. The monoisotopic (exact) mass is 435 g/mol. The zero-order valence-corrected chi connectivity index (χ0v) is 21.5. The zero-order chi connectivity index (χ0) is 24.8. The third-order valence-electron chi connectivity index (χ3n) is 3.03. The molecule has 0 atom stereocenters. The van der Waals surface area contributed by atoms with Gasteiger partial charge in [0.05, 0.1) is 6.67 Å². The van der Waals surface area contributed by atoms with Gasteiger partial charge in [0.15, 0.2) is 0 Å². The number of benzene rings is 1. The lowest BCUT2D eigenvalue weighted by atomic mass is 10.1. The van der Waals surface area contributed by atoms with E-state index in [2.05, 4.69) is 63.2 Å².